The molecule has 0 N–H and O–H groups in total. The van der Waals surface area contributed by atoms with Crippen LogP contribution in [-0.2, 0) is 13.6 Å². The van der Waals surface area contributed by atoms with Crippen molar-refractivity contribution in [2.45, 2.75) is 19.4 Å². The molecule has 72 valence electrons. The Bertz CT molecular complexity index is 289. The van der Waals surface area contributed by atoms with E-state index >= 15 is 0 Å². The molecule has 0 saturated carbocycles. The van der Waals surface area contributed by atoms with E-state index in [1.54, 1.807) is 0 Å². The monoisotopic (exact) mass is 243 g/mol. The van der Waals surface area contributed by atoms with Crippen molar-refractivity contribution in [1.29, 1.82) is 0 Å². The largest absolute Gasteiger partial charge is 0.325 e. The van der Waals surface area contributed by atoms with Crippen LogP contribution in [0, 0.1) is 0 Å². The van der Waals surface area contributed by atoms with Crippen LogP contribution in [0.2, 0.25) is 0 Å². The fourth-order valence-electron chi connectivity index (χ4n) is 1.74. The second-order valence-electron chi connectivity index (χ2n) is 3.56. The fourth-order valence-corrected chi connectivity index (χ4v) is 2.07. The molecule has 0 aliphatic carbocycles. The van der Waals surface area contributed by atoms with E-state index in [9.17, 15) is 0 Å². The molecular formula is C9H14BrN3. The molecule has 0 atom stereocenters. The molecule has 0 bridgehead atoms. The molecular weight excluding hydrogens is 230 g/mol. The van der Waals surface area contributed by atoms with Crippen molar-refractivity contribution in [2.24, 2.45) is 7.05 Å². The second kappa shape index (κ2) is 3.80. The Morgan fingerprint density at radius 2 is 2.15 bits per heavy atom. The number of aromatic nitrogens is 2. The predicted octanol–water partition coefficient (Wildman–Crippen LogP) is 1.78. The highest BCUT2D eigenvalue weighted by Crippen LogP contribution is 2.15. The van der Waals surface area contributed by atoms with Crippen molar-refractivity contribution in [3.05, 3.63) is 16.6 Å². The van der Waals surface area contributed by atoms with Crippen LogP contribution in [0.25, 0.3) is 0 Å². The lowest BCUT2D eigenvalue weighted by molar-refractivity contribution is 0.323. The van der Waals surface area contributed by atoms with Gasteiger partial charge in [-0.25, -0.2) is 4.98 Å². The third kappa shape index (κ3) is 1.94. The van der Waals surface area contributed by atoms with Crippen LogP contribution < -0.4 is 0 Å². The molecule has 0 aromatic carbocycles. The first-order valence-electron chi connectivity index (χ1n) is 4.66. The molecule has 0 unspecified atom stereocenters. The average molecular weight is 244 g/mol. The smallest absolute Gasteiger partial charge is 0.177 e. The summed E-state index contributed by atoms with van der Waals surface area (Å²) in [5, 5.41) is 0. The highest BCUT2D eigenvalue weighted by Gasteiger charge is 2.13. The van der Waals surface area contributed by atoms with Gasteiger partial charge < -0.3 is 4.57 Å². The zero-order chi connectivity index (χ0) is 9.26. The Morgan fingerprint density at radius 1 is 1.46 bits per heavy atom. The van der Waals surface area contributed by atoms with Gasteiger partial charge in [0.15, 0.2) is 4.73 Å². The van der Waals surface area contributed by atoms with Gasteiger partial charge in [0, 0.05) is 13.6 Å². The summed E-state index contributed by atoms with van der Waals surface area (Å²) in [6, 6.07) is 0. The van der Waals surface area contributed by atoms with Crippen molar-refractivity contribution in [2.75, 3.05) is 13.1 Å². The van der Waals surface area contributed by atoms with Gasteiger partial charge in [-0.2, -0.15) is 0 Å². The van der Waals surface area contributed by atoms with Gasteiger partial charge in [-0.1, -0.05) is 0 Å². The zero-order valence-electron chi connectivity index (χ0n) is 7.83. The topological polar surface area (TPSA) is 21.1 Å². The van der Waals surface area contributed by atoms with Crippen molar-refractivity contribution >= 4 is 15.9 Å². The normalized spacial score (nSPS) is 18.3. The molecule has 2 heterocycles. The number of hydrogen-bond donors (Lipinski definition) is 0. The Hall–Kier alpha value is -0.350. The van der Waals surface area contributed by atoms with Gasteiger partial charge in [-0.3, -0.25) is 4.90 Å². The first-order chi connectivity index (χ1) is 6.27. The van der Waals surface area contributed by atoms with Crippen LogP contribution in [-0.4, -0.2) is 27.5 Å². The predicted molar refractivity (Wildman–Crippen MR) is 55.4 cm³/mol. The quantitative estimate of drug-likeness (QED) is 0.790. The van der Waals surface area contributed by atoms with Gasteiger partial charge in [-0.05, 0) is 41.9 Å². The minimum atomic E-state index is 0.918. The molecule has 4 heteroatoms. The Labute approximate surface area is 86.9 Å². The summed E-state index contributed by atoms with van der Waals surface area (Å²) in [6.45, 7) is 3.51. The number of rotatable bonds is 2. The summed E-state index contributed by atoms with van der Waals surface area (Å²) < 4.78 is 3.01. The van der Waals surface area contributed by atoms with Crippen LogP contribution in [0.15, 0.2) is 10.9 Å². The minimum Gasteiger partial charge on any atom is -0.325 e. The number of imidazole rings is 1. The van der Waals surface area contributed by atoms with Crippen molar-refractivity contribution in [3.63, 3.8) is 0 Å². The van der Waals surface area contributed by atoms with Gasteiger partial charge >= 0.3 is 0 Å². The van der Waals surface area contributed by atoms with E-state index < -0.39 is 0 Å². The lowest BCUT2D eigenvalue weighted by atomic mass is 10.4. The van der Waals surface area contributed by atoms with E-state index in [1.165, 1.54) is 31.6 Å². The first-order valence-corrected chi connectivity index (χ1v) is 5.45. The number of nitrogens with zero attached hydrogens (tertiary/aromatic N) is 3. The second-order valence-corrected chi connectivity index (χ2v) is 4.27. The minimum absolute atomic E-state index is 0.918. The van der Waals surface area contributed by atoms with Gasteiger partial charge in [-0.15, -0.1) is 0 Å². The summed E-state index contributed by atoms with van der Waals surface area (Å²) in [5.74, 6) is 0. The van der Waals surface area contributed by atoms with E-state index in [2.05, 4.69) is 30.4 Å². The third-order valence-electron chi connectivity index (χ3n) is 2.61. The molecule has 1 saturated heterocycles. The van der Waals surface area contributed by atoms with Gasteiger partial charge in [0.2, 0.25) is 0 Å². The van der Waals surface area contributed by atoms with Gasteiger partial charge in [0.05, 0.1) is 11.9 Å². The van der Waals surface area contributed by atoms with E-state index in [0.29, 0.717) is 0 Å². The first kappa shape index (κ1) is 9.21. The zero-order valence-corrected chi connectivity index (χ0v) is 9.42. The van der Waals surface area contributed by atoms with Crippen molar-refractivity contribution in [1.82, 2.24) is 14.5 Å². The van der Waals surface area contributed by atoms with Gasteiger partial charge in [0.1, 0.15) is 0 Å². The maximum absolute atomic E-state index is 4.21. The maximum atomic E-state index is 4.21. The van der Waals surface area contributed by atoms with E-state index in [4.69, 9.17) is 0 Å². The van der Waals surface area contributed by atoms with Crippen LogP contribution in [0.1, 0.15) is 18.5 Å². The van der Waals surface area contributed by atoms with Crippen LogP contribution >= 0.6 is 15.9 Å². The van der Waals surface area contributed by atoms with Crippen LogP contribution in [0.4, 0.5) is 0 Å². The van der Waals surface area contributed by atoms with Gasteiger partial charge in [0.25, 0.3) is 0 Å². The summed E-state index contributed by atoms with van der Waals surface area (Å²) in [5.41, 5.74) is 1.29. The SMILES string of the molecule is Cn1c(CN2CCCC2)cnc1Br. The standard InChI is InChI=1S/C9H14BrN3/c1-12-8(6-11-9(12)10)7-13-4-2-3-5-13/h6H,2-5,7H2,1H3. The molecule has 1 aliphatic heterocycles. The third-order valence-corrected chi connectivity index (χ3v) is 3.35. The summed E-state index contributed by atoms with van der Waals surface area (Å²) in [6.07, 6.45) is 4.64. The van der Waals surface area contributed by atoms with E-state index in [0.717, 1.165) is 11.3 Å². The number of likely N-dealkylation sites (tertiary alicyclic amines) is 1. The summed E-state index contributed by atoms with van der Waals surface area (Å²) in [7, 11) is 2.04. The highest BCUT2D eigenvalue weighted by atomic mass is 79.9. The Morgan fingerprint density at radius 3 is 2.69 bits per heavy atom. The molecule has 2 rings (SSSR count). The van der Waals surface area contributed by atoms with Crippen molar-refractivity contribution in [3.8, 4) is 0 Å². The number of hydrogen-bond acceptors (Lipinski definition) is 2. The fraction of sp³-hybridized carbons (Fsp3) is 0.667. The molecule has 0 spiro atoms. The molecule has 1 aromatic rings. The number of halogens is 1. The molecule has 3 nitrogen and oxygen atoms in total. The van der Waals surface area contributed by atoms with E-state index in [-0.39, 0.29) is 0 Å². The lowest BCUT2D eigenvalue weighted by Gasteiger charge is -2.14. The Balaban J connectivity index is 2.04. The van der Waals surface area contributed by atoms with E-state index in [1.807, 2.05) is 13.2 Å². The van der Waals surface area contributed by atoms with Crippen molar-refractivity contribution < 1.29 is 0 Å². The molecule has 1 aromatic heterocycles. The molecule has 13 heavy (non-hydrogen) atoms. The molecule has 1 aliphatic rings. The highest BCUT2D eigenvalue weighted by molar-refractivity contribution is 9.10. The average Bonchev–Trinajstić information content (AvgIpc) is 2.71. The van der Waals surface area contributed by atoms with Crippen LogP contribution in [0.5, 0.6) is 0 Å². The molecule has 1 fully saturated rings. The Kier molecular flexibility index (Phi) is 2.69. The maximum Gasteiger partial charge on any atom is 0.177 e. The summed E-state index contributed by atoms with van der Waals surface area (Å²) >= 11 is 3.40. The van der Waals surface area contributed by atoms with Crippen LogP contribution in [0.3, 0.4) is 0 Å². The molecule has 0 amide bonds. The lowest BCUT2D eigenvalue weighted by Crippen LogP contribution is -2.19. The summed E-state index contributed by atoms with van der Waals surface area (Å²) in [4.78, 5) is 6.69. The molecule has 0 radical (unpaired) electrons.